The van der Waals surface area contributed by atoms with E-state index in [4.69, 9.17) is 9.72 Å². The SMILES string of the molecule is O=C(OCC(=O)N1CCc2ccccc21)c1cc(-c2ccc(Br)cc2)nc2ccccc12. The van der Waals surface area contributed by atoms with Crippen LogP contribution in [-0.2, 0) is 16.0 Å². The first kappa shape index (κ1) is 20.4. The molecule has 5 nitrogen and oxygen atoms in total. The van der Waals surface area contributed by atoms with Crippen LogP contribution >= 0.6 is 15.9 Å². The van der Waals surface area contributed by atoms with Gasteiger partial charge < -0.3 is 9.64 Å². The molecule has 158 valence electrons. The number of benzene rings is 3. The van der Waals surface area contributed by atoms with Gasteiger partial charge in [-0.3, -0.25) is 4.79 Å². The lowest BCUT2D eigenvalue weighted by Crippen LogP contribution is -2.33. The minimum Gasteiger partial charge on any atom is -0.452 e. The summed E-state index contributed by atoms with van der Waals surface area (Å²) in [7, 11) is 0. The number of rotatable bonds is 4. The number of para-hydroxylation sites is 2. The highest BCUT2D eigenvalue weighted by atomic mass is 79.9. The summed E-state index contributed by atoms with van der Waals surface area (Å²) in [5.74, 6) is -0.766. The van der Waals surface area contributed by atoms with Crippen LogP contribution in [0.25, 0.3) is 22.2 Å². The van der Waals surface area contributed by atoms with Crippen molar-refractivity contribution in [3.05, 3.63) is 94.5 Å². The van der Waals surface area contributed by atoms with Gasteiger partial charge in [0.2, 0.25) is 0 Å². The number of esters is 1. The molecule has 6 heteroatoms. The maximum Gasteiger partial charge on any atom is 0.339 e. The second-order valence-electron chi connectivity index (χ2n) is 7.58. The van der Waals surface area contributed by atoms with Crippen LogP contribution in [0.2, 0.25) is 0 Å². The topological polar surface area (TPSA) is 59.5 Å². The van der Waals surface area contributed by atoms with Crippen LogP contribution in [0.4, 0.5) is 5.69 Å². The van der Waals surface area contributed by atoms with Crippen molar-refractivity contribution in [1.29, 1.82) is 0 Å². The fourth-order valence-corrected chi connectivity index (χ4v) is 4.26. The van der Waals surface area contributed by atoms with Crippen molar-refractivity contribution in [3.8, 4) is 11.3 Å². The fourth-order valence-electron chi connectivity index (χ4n) is 3.99. The van der Waals surface area contributed by atoms with Crippen molar-refractivity contribution >= 4 is 44.4 Å². The molecule has 3 aromatic carbocycles. The Balaban J connectivity index is 1.41. The third kappa shape index (κ3) is 3.89. The Morgan fingerprint density at radius 3 is 2.56 bits per heavy atom. The number of carbonyl (C=O) groups excluding carboxylic acids is 2. The second-order valence-corrected chi connectivity index (χ2v) is 8.49. The molecule has 5 rings (SSSR count). The van der Waals surface area contributed by atoms with Gasteiger partial charge in [0.1, 0.15) is 0 Å². The van der Waals surface area contributed by atoms with Crippen molar-refractivity contribution in [3.63, 3.8) is 0 Å². The normalized spacial score (nSPS) is 12.6. The Morgan fingerprint density at radius 2 is 1.72 bits per heavy atom. The highest BCUT2D eigenvalue weighted by Crippen LogP contribution is 2.28. The number of fused-ring (bicyclic) bond motifs is 2. The van der Waals surface area contributed by atoms with E-state index in [0.29, 0.717) is 28.7 Å². The van der Waals surface area contributed by atoms with Gasteiger partial charge in [-0.25, -0.2) is 9.78 Å². The average Bonchev–Trinajstić information content (AvgIpc) is 3.26. The number of hydrogen-bond donors (Lipinski definition) is 0. The van der Waals surface area contributed by atoms with Gasteiger partial charge in [0.25, 0.3) is 5.91 Å². The van der Waals surface area contributed by atoms with Crippen LogP contribution in [0.15, 0.2) is 83.3 Å². The highest BCUT2D eigenvalue weighted by molar-refractivity contribution is 9.10. The number of anilines is 1. The second kappa shape index (κ2) is 8.55. The molecule has 32 heavy (non-hydrogen) atoms. The summed E-state index contributed by atoms with van der Waals surface area (Å²) >= 11 is 3.44. The van der Waals surface area contributed by atoms with Crippen LogP contribution in [-0.4, -0.2) is 30.0 Å². The first-order chi connectivity index (χ1) is 15.6. The first-order valence-electron chi connectivity index (χ1n) is 10.3. The van der Waals surface area contributed by atoms with E-state index in [1.807, 2.05) is 72.8 Å². The number of amides is 1. The van der Waals surface area contributed by atoms with Crippen LogP contribution in [0.1, 0.15) is 15.9 Å². The van der Waals surface area contributed by atoms with Gasteiger partial charge in [-0.2, -0.15) is 0 Å². The van der Waals surface area contributed by atoms with Crippen LogP contribution in [0.3, 0.4) is 0 Å². The molecule has 1 aliphatic rings. The van der Waals surface area contributed by atoms with E-state index in [1.54, 1.807) is 11.0 Å². The minimum absolute atomic E-state index is 0.227. The summed E-state index contributed by atoms with van der Waals surface area (Å²) in [6.07, 6.45) is 0.807. The monoisotopic (exact) mass is 486 g/mol. The Hall–Kier alpha value is -3.51. The maximum atomic E-state index is 13.0. The molecule has 0 saturated carbocycles. The van der Waals surface area contributed by atoms with Gasteiger partial charge in [0, 0.05) is 27.7 Å². The van der Waals surface area contributed by atoms with E-state index in [1.165, 1.54) is 0 Å². The first-order valence-corrected chi connectivity index (χ1v) is 11.1. The van der Waals surface area contributed by atoms with Crippen LogP contribution in [0, 0.1) is 0 Å². The highest BCUT2D eigenvalue weighted by Gasteiger charge is 2.25. The molecule has 0 bridgehead atoms. The van der Waals surface area contributed by atoms with E-state index in [0.717, 1.165) is 27.7 Å². The van der Waals surface area contributed by atoms with E-state index >= 15 is 0 Å². The van der Waals surface area contributed by atoms with Gasteiger partial charge in [-0.15, -0.1) is 0 Å². The molecule has 0 N–H and O–H groups in total. The van der Waals surface area contributed by atoms with Crippen molar-refractivity contribution in [1.82, 2.24) is 4.98 Å². The number of ether oxygens (including phenoxy) is 1. The molecule has 0 aliphatic carbocycles. The Bertz CT molecular complexity index is 1330. The van der Waals surface area contributed by atoms with Crippen molar-refractivity contribution in [2.75, 3.05) is 18.1 Å². The summed E-state index contributed by atoms with van der Waals surface area (Å²) in [6, 6.07) is 24.7. The zero-order chi connectivity index (χ0) is 22.1. The van der Waals surface area contributed by atoms with Crippen LogP contribution < -0.4 is 4.90 Å². The minimum atomic E-state index is -0.539. The number of halogens is 1. The summed E-state index contributed by atoms with van der Waals surface area (Å²) in [5, 5.41) is 0.692. The Labute approximate surface area is 193 Å². The molecule has 1 aliphatic heterocycles. The van der Waals surface area contributed by atoms with Gasteiger partial charge in [0.05, 0.1) is 16.8 Å². The van der Waals surface area contributed by atoms with E-state index < -0.39 is 5.97 Å². The lowest BCUT2D eigenvalue weighted by molar-refractivity contribution is -0.121. The summed E-state index contributed by atoms with van der Waals surface area (Å²) in [6.45, 7) is 0.291. The van der Waals surface area contributed by atoms with Gasteiger partial charge >= 0.3 is 5.97 Å². The molecule has 2 heterocycles. The lowest BCUT2D eigenvalue weighted by atomic mass is 10.0. The summed E-state index contributed by atoms with van der Waals surface area (Å²) in [5.41, 5.74) is 4.66. The smallest absolute Gasteiger partial charge is 0.339 e. The lowest BCUT2D eigenvalue weighted by Gasteiger charge is -2.17. The molecule has 0 unspecified atom stereocenters. The van der Waals surface area contributed by atoms with Crippen molar-refractivity contribution in [2.45, 2.75) is 6.42 Å². The van der Waals surface area contributed by atoms with Crippen molar-refractivity contribution < 1.29 is 14.3 Å². The maximum absolute atomic E-state index is 13.0. The molecular formula is C26H19BrN2O3. The van der Waals surface area contributed by atoms with Gasteiger partial charge in [0.15, 0.2) is 6.61 Å². The molecule has 0 saturated heterocycles. The molecule has 1 aromatic heterocycles. The standard InChI is InChI=1S/C26H19BrN2O3/c27-19-11-9-17(10-12-19)23-15-21(20-6-2-3-7-22(20)28-23)26(31)32-16-25(30)29-14-13-18-5-1-4-8-24(18)29/h1-12,15H,13-14,16H2. The molecule has 4 aromatic rings. The van der Waals surface area contributed by atoms with Crippen molar-refractivity contribution in [2.24, 2.45) is 0 Å². The molecular weight excluding hydrogens is 468 g/mol. The van der Waals surface area contributed by atoms with Gasteiger partial charge in [-0.05, 0) is 42.3 Å². The molecule has 0 spiro atoms. The largest absolute Gasteiger partial charge is 0.452 e. The zero-order valence-corrected chi connectivity index (χ0v) is 18.7. The fraction of sp³-hybridized carbons (Fsp3) is 0.115. The number of aromatic nitrogens is 1. The number of nitrogens with zero attached hydrogens (tertiary/aromatic N) is 2. The summed E-state index contributed by atoms with van der Waals surface area (Å²) < 4.78 is 6.43. The van der Waals surface area contributed by atoms with Gasteiger partial charge in [-0.1, -0.05) is 64.5 Å². The Kier molecular flexibility index (Phi) is 5.45. The molecule has 0 radical (unpaired) electrons. The average molecular weight is 487 g/mol. The number of hydrogen-bond acceptors (Lipinski definition) is 4. The predicted molar refractivity (Wildman–Crippen MR) is 128 cm³/mol. The number of pyridine rings is 1. The third-order valence-electron chi connectivity index (χ3n) is 5.59. The predicted octanol–water partition coefficient (Wildman–Crippen LogP) is 5.41. The molecule has 0 fully saturated rings. The molecule has 0 atom stereocenters. The third-order valence-corrected chi connectivity index (χ3v) is 6.12. The summed E-state index contributed by atoms with van der Waals surface area (Å²) in [4.78, 5) is 32.2. The van der Waals surface area contributed by atoms with Crippen LogP contribution in [0.5, 0.6) is 0 Å². The Morgan fingerprint density at radius 1 is 0.969 bits per heavy atom. The molecule has 1 amide bonds. The quantitative estimate of drug-likeness (QED) is 0.361. The zero-order valence-electron chi connectivity index (χ0n) is 17.1. The van der Waals surface area contributed by atoms with E-state index in [2.05, 4.69) is 15.9 Å². The van der Waals surface area contributed by atoms with E-state index in [9.17, 15) is 9.59 Å². The van der Waals surface area contributed by atoms with E-state index in [-0.39, 0.29) is 12.5 Å². The number of carbonyl (C=O) groups is 2.